The van der Waals surface area contributed by atoms with Crippen molar-refractivity contribution in [2.75, 3.05) is 0 Å². The van der Waals surface area contributed by atoms with E-state index in [1.54, 1.807) is 13.1 Å². The van der Waals surface area contributed by atoms with E-state index in [0.29, 0.717) is 0 Å². The molecule has 1 N–H and O–H groups in total. The summed E-state index contributed by atoms with van der Waals surface area (Å²) in [5.74, 6) is 0. The first-order valence-corrected chi connectivity index (χ1v) is 2.69. The van der Waals surface area contributed by atoms with E-state index < -0.39 is 0 Å². The Morgan fingerprint density at radius 1 is 1.75 bits per heavy atom. The SMILES string of the molecule is CC(O)C1C=CC=N1. The standard InChI is InChI=1S/C6H9NO/c1-5(8)6-3-2-4-7-6/h2-6,8H,1H3. The third-order valence-electron chi connectivity index (χ3n) is 1.15. The number of nitrogens with zero attached hydrogens (tertiary/aromatic N) is 1. The van der Waals surface area contributed by atoms with Crippen molar-refractivity contribution in [2.45, 2.75) is 19.1 Å². The third-order valence-corrected chi connectivity index (χ3v) is 1.15. The highest BCUT2D eigenvalue weighted by molar-refractivity contribution is 5.74. The van der Waals surface area contributed by atoms with E-state index in [1.165, 1.54) is 0 Å². The van der Waals surface area contributed by atoms with Gasteiger partial charge in [-0.25, -0.2) is 0 Å². The van der Waals surface area contributed by atoms with Crippen molar-refractivity contribution in [3.8, 4) is 0 Å². The fraction of sp³-hybridized carbons (Fsp3) is 0.500. The van der Waals surface area contributed by atoms with Crippen LogP contribution in [0.2, 0.25) is 0 Å². The lowest BCUT2D eigenvalue weighted by Crippen LogP contribution is -2.15. The van der Waals surface area contributed by atoms with Crippen molar-refractivity contribution in [1.82, 2.24) is 0 Å². The van der Waals surface area contributed by atoms with Gasteiger partial charge in [-0.15, -0.1) is 0 Å². The van der Waals surface area contributed by atoms with Gasteiger partial charge in [0.05, 0.1) is 12.1 Å². The van der Waals surface area contributed by atoms with Gasteiger partial charge in [-0.05, 0) is 13.0 Å². The number of allylic oxidation sites excluding steroid dienone is 1. The van der Waals surface area contributed by atoms with Crippen molar-refractivity contribution in [1.29, 1.82) is 0 Å². The molecule has 0 fully saturated rings. The van der Waals surface area contributed by atoms with Crippen LogP contribution in [0.25, 0.3) is 0 Å². The fourth-order valence-corrected chi connectivity index (χ4v) is 0.648. The van der Waals surface area contributed by atoms with E-state index in [2.05, 4.69) is 4.99 Å². The number of aliphatic hydroxyl groups is 1. The minimum atomic E-state index is -0.343. The summed E-state index contributed by atoms with van der Waals surface area (Å²) < 4.78 is 0. The van der Waals surface area contributed by atoms with Gasteiger partial charge in [0.25, 0.3) is 0 Å². The van der Waals surface area contributed by atoms with Crippen LogP contribution in [0.15, 0.2) is 17.1 Å². The van der Waals surface area contributed by atoms with Gasteiger partial charge < -0.3 is 5.11 Å². The monoisotopic (exact) mass is 111 g/mol. The molecule has 2 heteroatoms. The molecule has 0 saturated carbocycles. The van der Waals surface area contributed by atoms with Gasteiger partial charge in [0, 0.05) is 6.21 Å². The van der Waals surface area contributed by atoms with E-state index in [4.69, 9.17) is 5.11 Å². The van der Waals surface area contributed by atoms with Crippen LogP contribution in [0.3, 0.4) is 0 Å². The smallest absolute Gasteiger partial charge is 0.0939 e. The molecule has 2 unspecified atom stereocenters. The summed E-state index contributed by atoms with van der Waals surface area (Å²) in [4.78, 5) is 3.95. The molecule has 0 aromatic rings. The number of rotatable bonds is 1. The average molecular weight is 111 g/mol. The number of aliphatic imine (C=N–C) groups is 1. The quantitative estimate of drug-likeness (QED) is 0.521. The Morgan fingerprint density at radius 2 is 2.50 bits per heavy atom. The Hall–Kier alpha value is -0.630. The molecule has 2 nitrogen and oxygen atoms in total. The number of hydrogen-bond acceptors (Lipinski definition) is 2. The Bertz CT molecular complexity index is 114. The molecule has 1 rings (SSSR count). The number of aliphatic hydroxyl groups excluding tert-OH is 1. The van der Waals surface area contributed by atoms with Gasteiger partial charge in [0.2, 0.25) is 0 Å². The van der Waals surface area contributed by atoms with E-state index in [-0.39, 0.29) is 12.1 Å². The molecule has 0 saturated heterocycles. The molecule has 0 aliphatic carbocycles. The summed E-state index contributed by atoms with van der Waals surface area (Å²) >= 11 is 0. The summed E-state index contributed by atoms with van der Waals surface area (Å²) in [6.45, 7) is 1.73. The predicted octanol–water partition coefficient (Wildman–Crippen LogP) is 0.376. The molecule has 0 amide bonds. The summed E-state index contributed by atoms with van der Waals surface area (Å²) in [7, 11) is 0. The molecule has 8 heavy (non-hydrogen) atoms. The predicted molar refractivity (Wildman–Crippen MR) is 33.1 cm³/mol. The van der Waals surface area contributed by atoms with Crippen molar-refractivity contribution >= 4 is 6.21 Å². The molecule has 1 heterocycles. The zero-order chi connectivity index (χ0) is 5.98. The molecule has 0 aromatic heterocycles. The summed E-state index contributed by atoms with van der Waals surface area (Å²) in [6, 6.07) is 0.00926. The molecular weight excluding hydrogens is 102 g/mol. The first kappa shape index (κ1) is 5.51. The van der Waals surface area contributed by atoms with Crippen molar-refractivity contribution in [2.24, 2.45) is 4.99 Å². The largest absolute Gasteiger partial charge is 0.391 e. The van der Waals surface area contributed by atoms with Crippen LogP contribution in [0.1, 0.15) is 6.92 Å². The van der Waals surface area contributed by atoms with Crippen molar-refractivity contribution < 1.29 is 5.11 Å². The van der Waals surface area contributed by atoms with Crippen molar-refractivity contribution in [3.63, 3.8) is 0 Å². The molecule has 2 atom stereocenters. The highest BCUT2D eigenvalue weighted by atomic mass is 16.3. The normalized spacial score (nSPS) is 29.0. The zero-order valence-corrected chi connectivity index (χ0v) is 4.78. The maximum Gasteiger partial charge on any atom is 0.0939 e. The van der Waals surface area contributed by atoms with Gasteiger partial charge in [-0.2, -0.15) is 0 Å². The third kappa shape index (κ3) is 0.954. The number of hydrogen-bond donors (Lipinski definition) is 1. The summed E-state index contributed by atoms with van der Waals surface area (Å²) in [5, 5.41) is 8.89. The van der Waals surface area contributed by atoms with Crippen LogP contribution in [0.4, 0.5) is 0 Å². The van der Waals surface area contributed by atoms with E-state index in [1.807, 2.05) is 12.2 Å². The Kier molecular flexibility index (Phi) is 1.44. The lowest BCUT2D eigenvalue weighted by atomic mass is 10.2. The second-order valence-corrected chi connectivity index (χ2v) is 1.91. The highest BCUT2D eigenvalue weighted by Gasteiger charge is 2.09. The van der Waals surface area contributed by atoms with E-state index in [0.717, 1.165) is 0 Å². The Balaban J connectivity index is 2.49. The van der Waals surface area contributed by atoms with Crippen LogP contribution in [0, 0.1) is 0 Å². The van der Waals surface area contributed by atoms with Crippen LogP contribution in [-0.4, -0.2) is 23.5 Å². The van der Waals surface area contributed by atoms with Gasteiger partial charge in [-0.3, -0.25) is 4.99 Å². The highest BCUT2D eigenvalue weighted by Crippen LogP contribution is 2.03. The van der Waals surface area contributed by atoms with Crippen LogP contribution in [0.5, 0.6) is 0 Å². The molecule has 1 aliphatic heterocycles. The maximum absolute atomic E-state index is 8.89. The molecule has 0 bridgehead atoms. The molecule has 0 radical (unpaired) electrons. The van der Waals surface area contributed by atoms with Gasteiger partial charge in [-0.1, -0.05) is 6.08 Å². The van der Waals surface area contributed by atoms with Crippen LogP contribution in [-0.2, 0) is 0 Å². The molecular formula is C6H9NO. The van der Waals surface area contributed by atoms with Crippen LogP contribution < -0.4 is 0 Å². The van der Waals surface area contributed by atoms with E-state index >= 15 is 0 Å². The minimum absolute atomic E-state index is 0.00926. The van der Waals surface area contributed by atoms with E-state index in [9.17, 15) is 0 Å². The topological polar surface area (TPSA) is 32.6 Å². The molecule has 44 valence electrons. The maximum atomic E-state index is 8.89. The Morgan fingerprint density at radius 3 is 2.75 bits per heavy atom. The average Bonchev–Trinajstić information content (AvgIpc) is 2.12. The fourth-order valence-electron chi connectivity index (χ4n) is 0.648. The lowest BCUT2D eigenvalue weighted by molar-refractivity contribution is 0.182. The van der Waals surface area contributed by atoms with Crippen molar-refractivity contribution in [3.05, 3.63) is 12.2 Å². The molecule has 0 aromatic carbocycles. The summed E-state index contributed by atoms with van der Waals surface area (Å²) in [6.07, 6.45) is 5.09. The second kappa shape index (κ2) is 2.09. The lowest BCUT2D eigenvalue weighted by Gasteiger charge is -2.05. The van der Waals surface area contributed by atoms with Gasteiger partial charge >= 0.3 is 0 Å². The first-order chi connectivity index (χ1) is 3.80. The summed E-state index contributed by atoms with van der Waals surface area (Å²) in [5.41, 5.74) is 0. The molecule has 0 spiro atoms. The molecule has 1 aliphatic rings. The Labute approximate surface area is 48.6 Å². The second-order valence-electron chi connectivity index (χ2n) is 1.91. The zero-order valence-electron chi connectivity index (χ0n) is 4.78. The van der Waals surface area contributed by atoms with Gasteiger partial charge in [0.15, 0.2) is 0 Å². The minimum Gasteiger partial charge on any atom is -0.391 e. The first-order valence-electron chi connectivity index (χ1n) is 2.69. The van der Waals surface area contributed by atoms with Gasteiger partial charge in [0.1, 0.15) is 0 Å². The van der Waals surface area contributed by atoms with Crippen LogP contribution >= 0.6 is 0 Å².